The number of nitrogens with zero attached hydrogens (tertiary/aromatic N) is 5. The Morgan fingerprint density at radius 2 is 2.00 bits per heavy atom. The highest BCUT2D eigenvalue weighted by Gasteiger charge is 2.07. The monoisotopic (exact) mass is 315 g/mol. The van der Waals surface area contributed by atoms with E-state index in [4.69, 9.17) is 11.6 Å². The molecule has 0 aliphatic heterocycles. The smallest absolute Gasteiger partial charge is 0.226 e. The second kappa shape index (κ2) is 5.98. The quantitative estimate of drug-likeness (QED) is 0.439. The summed E-state index contributed by atoms with van der Waals surface area (Å²) in [5.74, 6) is 0.480. The van der Waals surface area contributed by atoms with Gasteiger partial charge in [-0.15, -0.1) is 0 Å². The maximum atomic E-state index is 5.85. The van der Waals surface area contributed by atoms with Gasteiger partial charge in [-0.05, 0) is 29.3 Å². The van der Waals surface area contributed by atoms with Crippen molar-refractivity contribution in [3.05, 3.63) is 41.4 Å². The molecule has 0 saturated carbocycles. The first-order valence-corrected chi connectivity index (χ1v) is 6.94. The van der Waals surface area contributed by atoms with Gasteiger partial charge in [0.1, 0.15) is 5.52 Å². The number of imidazole rings is 1. The summed E-state index contributed by atoms with van der Waals surface area (Å²) >= 11 is 5.85. The summed E-state index contributed by atoms with van der Waals surface area (Å²) in [5.41, 5.74) is 6.11. The van der Waals surface area contributed by atoms with Gasteiger partial charge in [-0.25, -0.2) is 4.98 Å². The first kappa shape index (κ1) is 14.3. The molecule has 0 aliphatic rings. The highest BCUT2D eigenvalue weighted by atomic mass is 35.5. The molecule has 0 radical (unpaired) electrons. The highest BCUT2D eigenvalue weighted by Crippen LogP contribution is 2.18. The van der Waals surface area contributed by atoms with Crippen LogP contribution in [-0.2, 0) is 0 Å². The van der Waals surface area contributed by atoms with Crippen molar-refractivity contribution >= 4 is 40.5 Å². The fourth-order valence-electron chi connectivity index (χ4n) is 1.91. The lowest BCUT2D eigenvalue weighted by Gasteiger charge is -2.11. The van der Waals surface area contributed by atoms with Gasteiger partial charge in [0.2, 0.25) is 5.28 Å². The van der Waals surface area contributed by atoms with E-state index < -0.39 is 0 Å². The van der Waals surface area contributed by atoms with Crippen molar-refractivity contribution in [2.24, 2.45) is 5.10 Å². The molecular weight excluding hydrogens is 302 g/mol. The van der Waals surface area contributed by atoms with Crippen molar-refractivity contribution in [1.82, 2.24) is 19.9 Å². The Bertz CT molecular complexity index is 808. The van der Waals surface area contributed by atoms with Gasteiger partial charge < -0.3 is 9.88 Å². The van der Waals surface area contributed by atoms with Gasteiger partial charge in [0, 0.05) is 19.8 Å². The summed E-state index contributed by atoms with van der Waals surface area (Å²) in [6, 6.07) is 8.02. The van der Waals surface area contributed by atoms with Crippen LogP contribution in [0.15, 0.2) is 35.7 Å². The summed E-state index contributed by atoms with van der Waals surface area (Å²) < 4.78 is 0. The Kier molecular flexibility index (Phi) is 3.88. The van der Waals surface area contributed by atoms with Crippen LogP contribution < -0.4 is 10.3 Å². The molecule has 0 atom stereocenters. The number of hydrogen-bond acceptors (Lipinski definition) is 6. The summed E-state index contributed by atoms with van der Waals surface area (Å²) in [7, 11) is 4.00. The second-order valence-electron chi connectivity index (χ2n) is 4.80. The van der Waals surface area contributed by atoms with Crippen LogP contribution in [-0.4, -0.2) is 40.2 Å². The molecule has 0 unspecified atom stereocenters. The predicted molar refractivity (Wildman–Crippen MR) is 88.7 cm³/mol. The van der Waals surface area contributed by atoms with Crippen molar-refractivity contribution in [3.8, 4) is 0 Å². The van der Waals surface area contributed by atoms with Crippen LogP contribution in [0.3, 0.4) is 0 Å². The molecule has 2 aromatic heterocycles. The number of hydrazone groups is 1. The number of halogens is 1. The van der Waals surface area contributed by atoms with Crippen LogP contribution in [0.4, 0.5) is 11.5 Å². The van der Waals surface area contributed by atoms with Gasteiger partial charge in [-0.3, -0.25) is 5.43 Å². The number of aromatic amines is 1. The number of anilines is 2. The summed E-state index contributed by atoms with van der Waals surface area (Å²) in [6.45, 7) is 0. The Morgan fingerprint density at radius 3 is 2.73 bits per heavy atom. The molecule has 3 rings (SSSR count). The van der Waals surface area contributed by atoms with Crippen LogP contribution in [0.1, 0.15) is 5.56 Å². The van der Waals surface area contributed by atoms with Crippen LogP contribution in [0.25, 0.3) is 11.2 Å². The normalized spacial score (nSPS) is 11.2. The molecule has 8 heteroatoms. The maximum absolute atomic E-state index is 5.85. The zero-order valence-electron chi connectivity index (χ0n) is 12.1. The summed E-state index contributed by atoms with van der Waals surface area (Å²) in [6.07, 6.45) is 3.24. The van der Waals surface area contributed by atoms with E-state index >= 15 is 0 Å². The minimum atomic E-state index is 0.118. The first-order chi connectivity index (χ1) is 10.6. The van der Waals surface area contributed by atoms with E-state index in [0.717, 1.165) is 11.3 Å². The molecule has 0 amide bonds. The molecular formula is C14H14ClN7. The van der Waals surface area contributed by atoms with E-state index in [2.05, 4.69) is 30.5 Å². The number of rotatable bonds is 4. The number of benzene rings is 1. The number of aromatic nitrogens is 4. The fraction of sp³-hybridized carbons (Fsp3) is 0.143. The Labute approximate surface area is 132 Å². The van der Waals surface area contributed by atoms with E-state index in [0.29, 0.717) is 17.0 Å². The molecule has 2 heterocycles. The zero-order chi connectivity index (χ0) is 15.5. The lowest BCUT2D eigenvalue weighted by atomic mass is 10.2. The molecule has 3 aromatic rings. The Balaban J connectivity index is 1.77. The molecule has 1 aromatic carbocycles. The molecule has 0 spiro atoms. The van der Waals surface area contributed by atoms with Crippen LogP contribution in [0, 0.1) is 0 Å². The average molecular weight is 316 g/mol. The Hall–Kier alpha value is -2.67. The molecule has 0 fully saturated rings. The van der Waals surface area contributed by atoms with E-state index in [1.54, 1.807) is 6.21 Å². The third-order valence-corrected chi connectivity index (χ3v) is 3.22. The maximum Gasteiger partial charge on any atom is 0.226 e. The fourth-order valence-corrected chi connectivity index (χ4v) is 2.08. The molecule has 0 bridgehead atoms. The van der Waals surface area contributed by atoms with Crippen LogP contribution >= 0.6 is 11.6 Å². The highest BCUT2D eigenvalue weighted by molar-refractivity contribution is 6.28. The van der Waals surface area contributed by atoms with Gasteiger partial charge in [-0.1, -0.05) is 12.1 Å². The van der Waals surface area contributed by atoms with Gasteiger partial charge in [-0.2, -0.15) is 15.1 Å². The van der Waals surface area contributed by atoms with Crippen molar-refractivity contribution in [2.45, 2.75) is 0 Å². The first-order valence-electron chi connectivity index (χ1n) is 6.56. The van der Waals surface area contributed by atoms with E-state index in [1.165, 1.54) is 6.33 Å². The van der Waals surface area contributed by atoms with Crippen molar-refractivity contribution in [3.63, 3.8) is 0 Å². The van der Waals surface area contributed by atoms with E-state index in [-0.39, 0.29) is 5.28 Å². The minimum absolute atomic E-state index is 0.118. The standard InChI is InChI=1S/C14H14ClN7/c1-22(2)10-5-3-9(4-6-10)7-18-21-13-11-12(17-8-16-11)19-14(15)20-13/h3-8H,1-2H3,(H2,16,17,19,20,21). The van der Waals surface area contributed by atoms with Crippen molar-refractivity contribution in [2.75, 3.05) is 24.4 Å². The van der Waals surface area contributed by atoms with Gasteiger partial charge >= 0.3 is 0 Å². The SMILES string of the molecule is CN(C)c1ccc(C=NNc2nc(Cl)nc3nc[nH]c23)cc1. The van der Waals surface area contributed by atoms with Crippen LogP contribution in [0.5, 0.6) is 0 Å². The van der Waals surface area contributed by atoms with Crippen molar-refractivity contribution in [1.29, 1.82) is 0 Å². The number of hydrogen-bond donors (Lipinski definition) is 2. The second-order valence-corrected chi connectivity index (χ2v) is 5.14. The summed E-state index contributed by atoms with van der Waals surface area (Å²) in [5, 5.41) is 4.29. The third kappa shape index (κ3) is 2.99. The lowest BCUT2D eigenvalue weighted by molar-refractivity contribution is 1.13. The third-order valence-electron chi connectivity index (χ3n) is 3.05. The summed E-state index contributed by atoms with van der Waals surface area (Å²) in [4.78, 5) is 17.1. The molecule has 7 nitrogen and oxygen atoms in total. The lowest BCUT2D eigenvalue weighted by Crippen LogP contribution is -2.08. The van der Waals surface area contributed by atoms with Crippen molar-refractivity contribution < 1.29 is 0 Å². The van der Waals surface area contributed by atoms with Crippen LogP contribution in [0.2, 0.25) is 5.28 Å². The largest absolute Gasteiger partial charge is 0.378 e. The van der Waals surface area contributed by atoms with Gasteiger partial charge in [0.15, 0.2) is 11.5 Å². The molecule has 0 aliphatic carbocycles. The molecule has 112 valence electrons. The van der Waals surface area contributed by atoms with Gasteiger partial charge in [0.05, 0.1) is 12.5 Å². The average Bonchev–Trinajstić information content (AvgIpc) is 2.96. The minimum Gasteiger partial charge on any atom is -0.378 e. The molecule has 2 N–H and O–H groups in total. The zero-order valence-corrected chi connectivity index (χ0v) is 12.8. The number of nitrogens with one attached hydrogen (secondary N) is 2. The number of H-pyrrole nitrogens is 1. The molecule has 22 heavy (non-hydrogen) atoms. The van der Waals surface area contributed by atoms with E-state index in [9.17, 15) is 0 Å². The van der Waals surface area contributed by atoms with E-state index in [1.807, 2.05) is 43.3 Å². The predicted octanol–water partition coefficient (Wildman–Crippen LogP) is 2.52. The molecule has 0 saturated heterocycles. The Morgan fingerprint density at radius 1 is 1.23 bits per heavy atom. The number of fused-ring (bicyclic) bond motifs is 1. The topological polar surface area (TPSA) is 82.1 Å². The van der Waals surface area contributed by atoms with Gasteiger partial charge in [0.25, 0.3) is 0 Å².